The Morgan fingerprint density at radius 1 is 1.56 bits per heavy atom. The minimum atomic E-state index is -3.61. The zero-order chi connectivity index (χ0) is 13.9. The maximum atomic E-state index is 12.3. The number of nitrogens with zero attached hydrogens (tertiary/aromatic N) is 1. The minimum absolute atomic E-state index is 0.0128. The zero-order valence-corrected chi connectivity index (χ0v) is 13.2. The van der Waals surface area contributed by atoms with Gasteiger partial charge < -0.3 is 5.11 Å². The summed E-state index contributed by atoms with van der Waals surface area (Å²) in [6.45, 7) is 3.66. The Balaban J connectivity index is 3.03. The van der Waals surface area contributed by atoms with E-state index in [4.69, 9.17) is 5.11 Å². The van der Waals surface area contributed by atoms with E-state index in [0.29, 0.717) is 4.88 Å². The van der Waals surface area contributed by atoms with Gasteiger partial charge in [0.2, 0.25) is 10.0 Å². The third kappa shape index (κ3) is 3.53. The van der Waals surface area contributed by atoms with E-state index in [1.807, 2.05) is 0 Å². The van der Waals surface area contributed by atoms with Crippen LogP contribution in [0.25, 0.3) is 0 Å². The first-order valence-electron chi connectivity index (χ1n) is 5.27. The van der Waals surface area contributed by atoms with E-state index in [1.54, 1.807) is 19.9 Å². The molecule has 1 heterocycles. The predicted octanol–water partition coefficient (Wildman–Crippen LogP) is 2.30. The number of hydrogen-bond acceptors (Lipinski definition) is 4. The maximum absolute atomic E-state index is 12.3. The van der Waals surface area contributed by atoms with Gasteiger partial charge in [0, 0.05) is 18.0 Å². The van der Waals surface area contributed by atoms with Crippen LogP contribution in [0.5, 0.6) is 0 Å². The third-order valence-electron chi connectivity index (χ3n) is 2.39. The molecule has 5 nitrogen and oxygen atoms in total. The molecular weight excluding hydrogens is 342 g/mol. The van der Waals surface area contributed by atoms with Crippen molar-refractivity contribution in [2.45, 2.75) is 25.2 Å². The fraction of sp³-hybridized carbons (Fsp3) is 0.500. The molecule has 0 aliphatic heterocycles. The Labute approximate surface area is 119 Å². The summed E-state index contributed by atoms with van der Waals surface area (Å²) in [6.07, 6.45) is -0.197. The number of aryl methyl sites for hydroxylation is 1. The SMILES string of the molecule is CCN(CCC(=O)O)S(=O)(=O)c1cc(Br)sc1C. The van der Waals surface area contributed by atoms with Crippen LogP contribution in [0.4, 0.5) is 0 Å². The molecular formula is C10H14BrNO4S2. The van der Waals surface area contributed by atoms with Crippen molar-refractivity contribution in [1.29, 1.82) is 0 Å². The van der Waals surface area contributed by atoms with E-state index >= 15 is 0 Å². The first kappa shape index (κ1) is 15.6. The highest BCUT2D eigenvalue weighted by Gasteiger charge is 2.26. The molecule has 0 saturated heterocycles. The predicted molar refractivity (Wildman–Crippen MR) is 73.4 cm³/mol. The fourth-order valence-electron chi connectivity index (χ4n) is 1.49. The van der Waals surface area contributed by atoms with Gasteiger partial charge in [0.05, 0.1) is 15.1 Å². The van der Waals surface area contributed by atoms with Crippen molar-refractivity contribution in [3.05, 3.63) is 14.7 Å². The summed E-state index contributed by atoms with van der Waals surface area (Å²) < 4.78 is 26.6. The van der Waals surface area contributed by atoms with Gasteiger partial charge in [0.15, 0.2) is 0 Å². The molecule has 0 spiro atoms. The van der Waals surface area contributed by atoms with Crippen LogP contribution >= 0.6 is 27.3 Å². The van der Waals surface area contributed by atoms with Gasteiger partial charge in [-0.1, -0.05) is 6.92 Å². The van der Waals surface area contributed by atoms with Crippen LogP contribution in [0, 0.1) is 6.92 Å². The molecule has 102 valence electrons. The van der Waals surface area contributed by atoms with Gasteiger partial charge in [0.25, 0.3) is 0 Å². The maximum Gasteiger partial charge on any atom is 0.304 e. The van der Waals surface area contributed by atoms with E-state index in [-0.39, 0.29) is 24.4 Å². The molecule has 1 rings (SSSR count). The second-order valence-electron chi connectivity index (χ2n) is 3.61. The third-order valence-corrected chi connectivity index (χ3v) is 6.17. The molecule has 1 aromatic heterocycles. The van der Waals surface area contributed by atoms with Crippen molar-refractivity contribution >= 4 is 43.3 Å². The van der Waals surface area contributed by atoms with Crippen LogP contribution in [-0.4, -0.2) is 36.9 Å². The van der Waals surface area contributed by atoms with Gasteiger partial charge in [0.1, 0.15) is 0 Å². The second kappa shape index (κ2) is 6.14. The zero-order valence-electron chi connectivity index (χ0n) is 10.0. The lowest BCUT2D eigenvalue weighted by Gasteiger charge is -2.19. The Bertz CT molecular complexity index is 538. The van der Waals surface area contributed by atoms with Crippen molar-refractivity contribution in [2.24, 2.45) is 0 Å². The van der Waals surface area contributed by atoms with Crippen molar-refractivity contribution < 1.29 is 18.3 Å². The Morgan fingerprint density at radius 3 is 2.56 bits per heavy atom. The van der Waals surface area contributed by atoms with Gasteiger partial charge in [-0.2, -0.15) is 4.31 Å². The summed E-state index contributed by atoms with van der Waals surface area (Å²) in [5.41, 5.74) is 0. The monoisotopic (exact) mass is 355 g/mol. The van der Waals surface area contributed by atoms with Crippen LogP contribution in [-0.2, 0) is 14.8 Å². The van der Waals surface area contributed by atoms with Crippen LogP contribution < -0.4 is 0 Å². The number of carboxylic acids is 1. The Kier molecular flexibility index (Phi) is 5.32. The summed E-state index contributed by atoms with van der Waals surface area (Å²) in [4.78, 5) is 11.5. The smallest absolute Gasteiger partial charge is 0.304 e. The Hall–Kier alpha value is -0.440. The van der Waals surface area contributed by atoms with E-state index in [0.717, 1.165) is 3.79 Å². The van der Waals surface area contributed by atoms with Crippen LogP contribution in [0.1, 0.15) is 18.2 Å². The molecule has 1 N–H and O–H groups in total. The molecule has 0 bridgehead atoms. The standard InChI is InChI=1S/C10H14BrNO4S2/c1-3-12(5-4-10(13)14)18(15,16)8-6-9(11)17-7(8)2/h6H,3-5H2,1-2H3,(H,13,14). The summed E-state index contributed by atoms with van der Waals surface area (Å²) in [6, 6.07) is 1.55. The van der Waals surface area contributed by atoms with E-state index < -0.39 is 16.0 Å². The molecule has 0 radical (unpaired) electrons. The van der Waals surface area contributed by atoms with Crippen LogP contribution in [0.3, 0.4) is 0 Å². The van der Waals surface area contributed by atoms with Crippen LogP contribution in [0.15, 0.2) is 14.7 Å². The number of carbonyl (C=O) groups is 1. The molecule has 8 heteroatoms. The van der Waals surface area contributed by atoms with E-state index in [9.17, 15) is 13.2 Å². The van der Waals surface area contributed by atoms with Crippen molar-refractivity contribution in [3.63, 3.8) is 0 Å². The average molecular weight is 356 g/mol. The molecule has 0 atom stereocenters. The Morgan fingerprint density at radius 2 is 2.17 bits per heavy atom. The molecule has 0 unspecified atom stereocenters. The highest BCUT2D eigenvalue weighted by Crippen LogP contribution is 2.31. The summed E-state index contributed by atoms with van der Waals surface area (Å²) >= 11 is 4.59. The number of hydrogen-bond donors (Lipinski definition) is 1. The normalized spacial score (nSPS) is 12.0. The molecule has 0 aromatic carbocycles. The summed E-state index contributed by atoms with van der Waals surface area (Å²) in [7, 11) is -3.61. The fourth-order valence-corrected chi connectivity index (χ4v) is 5.33. The number of rotatable bonds is 6. The number of aliphatic carboxylic acids is 1. The lowest BCUT2D eigenvalue weighted by Crippen LogP contribution is -2.33. The van der Waals surface area contributed by atoms with Gasteiger partial charge in [-0.05, 0) is 28.9 Å². The van der Waals surface area contributed by atoms with Crippen LogP contribution in [0.2, 0.25) is 0 Å². The highest BCUT2D eigenvalue weighted by atomic mass is 79.9. The second-order valence-corrected chi connectivity index (χ2v) is 8.15. The minimum Gasteiger partial charge on any atom is -0.481 e. The molecule has 0 amide bonds. The van der Waals surface area contributed by atoms with Crippen molar-refractivity contribution in [1.82, 2.24) is 4.31 Å². The number of halogens is 1. The molecule has 18 heavy (non-hydrogen) atoms. The first-order valence-corrected chi connectivity index (χ1v) is 8.32. The topological polar surface area (TPSA) is 74.7 Å². The highest BCUT2D eigenvalue weighted by molar-refractivity contribution is 9.11. The largest absolute Gasteiger partial charge is 0.481 e. The molecule has 1 aromatic rings. The van der Waals surface area contributed by atoms with E-state index in [2.05, 4.69) is 15.9 Å². The summed E-state index contributed by atoms with van der Waals surface area (Å²) in [5.74, 6) is -1.01. The first-order chi connectivity index (χ1) is 8.28. The average Bonchev–Trinajstić information content (AvgIpc) is 2.58. The van der Waals surface area contributed by atoms with Gasteiger partial charge >= 0.3 is 5.97 Å². The molecule has 0 aliphatic rings. The molecule has 0 aliphatic carbocycles. The number of thiophene rings is 1. The number of carboxylic acid groups (broad SMARTS) is 1. The molecule has 0 fully saturated rings. The van der Waals surface area contributed by atoms with Gasteiger partial charge in [-0.3, -0.25) is 4.79 Å². The quantitative estimate of drug-likeness (QED) is 0.849. The van der Waals surface area contributed by atoms with E-state index in [1.165, 1.54) is 15.6 Å². The van der Waals surface area contributed by atoms with Gasteiger partial charge in [-0.25, -0.2) is 8.42 Å². The van der Waals surface area contributed by atoms with Crippen molar-refractivity contribution in [3.8, 4) is 0 Å². The van der Waals surface area contributed by atoms with Crippen molar-refractivity contribution in [2.75, 3.05) is 13.1 Å². The number of sulfonamides is 1. The summed E-state index contributed by atoms with van der Waals surface area (Å²) in [5, 5.41) is 8.63. The van der Waals surface area contributed by atoms with Gasteiger partial charge in [-0.15, -0.1) is 11.3 Å². The molecule has 0 saturated carbocycles. The lowest BCUT2D eigenvalue weighted by molar-refractivity contribution is -0.137. The lowest BCUT2D eigenvalue weighted by atomic mass is 10.4.